The molecule has 4 nitrogen and oxygen atoms in total. The fraction of sp³-hybridized carbons (Fsp3) is 0.583. The van der Waals surface area contributed by atoms with Crippen LogP contribution in [0.25, 0.3) is 0 Å². The number of anilines is 1. The van der Waals surface area contributed by atoms with E-state index in [1.807, 2.05) is 19.1 Å². The minimum absolute atomic E-state index is 0.137. The molecule has 0 aliphatic carbocycles. The van der Waals surface area contributed by atoms with E-state index < -0.39 is 0 Å². The van der Waals surface area contributed by atoms with Crippen molar-refractivity contribution in [2.24, 2.45) is 0 Å². The van der Waals surface area contributed by atoms with Gasteiger partial charge in [-0.1, -0.05) is 0 Å². The lowest BCUT2D eigenvalue weighted by atomic mass is 9.90. The average molecular weight is 222 g/mol. The van der Waals surface area contributed by atoms with Gasteiger partial charge in [0.25, 0.3) is 0 Å². The van der Waals surface area contributed by atoms with E-state index in [9.17, 15) is 5.11 Å². The summed E-state index contributed by atoms with van der Waals surface area (Å²) in [6, 6.07) is 3.92. The van der Waals surface area contributed by atoms with E-state index in [4.69, 9.17) is 4.74 Å². The predicted octanol–water partition coefficient (Wildman–Crippen LogP) is 1.34. The van der Waals surface area contributed by atoms with Crippen LogP contribution in [0.1, 0.15) is 18.5 Å². The van der Waals surface area contributed by atoms with Crippen LogP contribution in [0.4, 0.5) is 5.69 Å². The monoisotopic (exact) mass is 222 g/mol. The Morgan fingerprint density at radius 2 is 2.25 bits per heavy atom. The molecule has 0 saturated carbocycles. The fourth-order valence-electron chi connectivity index (χ4n) is 2.01. The molecule has 2 rings (SSSR count). The van der Waals surface area contributed by atoms with E-state index in [0.29, 0.717) is 13.2 Å². The lowest BCUT2D eigenvalue weighted by Crippen LogP contribution is -2.46. The molecule has 0 unspecified atom stereocenters. The summed E-state index contributed by atoms with van der Waals surface area (Å²) in [5, 5.41) is 13.0. The fourth-order valence-corrected chi connectivity index (χ4v) is 2.01. The summed E-state index contributed by atoms with van der Waals surface area (Å²) >= 11 is 0. The number of aliphatic hydroxyl groups is 1. The Morgan fingerprint density at radius 3 is 2.88 bits per heavy atom. The Balaban J connectivity index is 2.11. The summed E-state index contributed by atoms with van der Waals surface area (Å²) in [7, 11) is 0. The Bertz CT molecular complexity index is 349. The molecule has 4 heteroatoms. The van der Waals surface area contributed by atoms with Gasteiger partial charge in [-0.2, -0.15) is 0 Å². The molecule has 1 fully saturated rings. The molecule has 88 valence electrons. The van der Waals surface area contributed by atoms with Gasteiger partial charge in [-0.15, -0.1) is 0 Å². The first-order valence-corrected chi connectivity index (χ1v) is 5.64. The van der Waals surface area contributed by atoms with Crippen molar-refractivity contribution in [3.8, 4) is 0 Å². The van der Waals surface area contributed by atoms with Crippen LogP contribution in [0.5, 0.6) is 0 Å². The summed E-state index contributed by atoms with van der Waals surface area (Å²) in [5.41, 5.74) is 1.76. The molecule has 1 aromatic rings. The van der Waals surface area contributed by atoms with Gasteiger partial charge in [0.05, 0.1) is 12.1 Å². The number of hydrogen-bond donors (Lipinski definition) is 2. The molecule has 1 saturated heterocycles. The lowest BCUT2D eigenvalue weighted by Gasteiger charge is -2.37. The van der Waals surface area contributed by atoms with Crippen molar-refractivity contribution in [3.63, 3.8) is 0 Å². The van der Waals surface area contributed by atoms with Crippen LogP contribution in [0.2, 0.25) is 0 Å². The molecule has 0 radical (unpaired) electrons. The summed E-state index contributed by atoms with van der Waals surface area (Å²) in [6.45, 7) is 3.51. The zero-order valence-electron chi connectivity index (χ0n) is 9.57. The SMILES string of the molecule is Cc1cc(NC2(CO)CCOCC2)ccn1. The van der Waals surface area contributed by atoms with E-state index in [-0.39, 0.29) is 12.1 Å². The third-order valence-electron chi connectivity index (χ3n) is 3.06. The van der Waals surface area contributed by atoms with E-state index in [2.05, 4.69) is 10.3 Å². The number of rotatable bonds is 3. The second kappa shape index (κ2) is 4.80. The normalized spacial score (nSPS) is 19.4. The molecule has 16 heavy (non-hydrogen) atoms. The van der Waals surface area contributed by atoms with Crippen LogP contribution >= 0.6 is 0 Å². The van der Waals surface area contributed by atoms with Gasteiger partial charge in [-0.05, 0) is 31.9 Å². The van der Waals surface area contributed by atoms with Crippen molar-refractivity contribution in [1.82, 2.24) is 4.98 Å². The molecule has 0 atom stereocenters. The Labute approximate surface area is 95.7 Å². The number of aromatic nitrogens is 1. The zero-order chi connectivity index (χ0) is 11.4. The molecule has 1 aromatic heterocycles. The molecule has 1 aliphatic heterocycles. The molecule has 1 aliphatic rings. The largest absolute Gasteiger partial charge is 0.394 e. The molecule has 0 aromatic carbocycles. The first-order chi connectivity index (χ1) is 7.74. The second-order valence-electron chi connectivity index (χ2n) is 4.36. The molecule has 0 spiro atoms. The topological polar surface area (TPSA) is 54.4 Å². The molecule has 2 heterocycles. The van der Waals surface area contributed by atoms with Gasteiger partial charge in [0, 0.05) is 30.8 Å². The first kappa shape index (κ1) is 11.4. The smallest absolute Gasteiger partial charge is 0.0663 e. The van der Waals surface area contributed by atoms with Crippen molar-refractivity contribution in [2.45, 2.75) is 25.3 Å². The second-order valence-corrected chi connectivity index (χ2v) is 4.36. The summed E-state index contributed by atoms with van der Waals surface area (Å²) in [4.78, 5) is 4.15. The van der Waals surface area contributed by atoms with Gasteiger partial charge in [0.2, 0.25) is 0 Å². The molecule has 0 amide bonds. The number of hydrogen-bond acceptors (Lipinski definition) is 4. The number of aliphatic hydroxyl groups excluding tert-OH is 1. The minimum Gasteiger partial charge on any atom is -0.394 e. The van der Waals surface area contributed by atoms with Gasteiger partial charge >= 0.3 is 0 Å². The highest BCUT2D eigenvalue weighted by molar-refractivity contribution is 5.45. The third-order valence-corrected chi connectivity index (χ3v) is 3.06. The molecular formula is C12H18N2O2. The van der Waals surface area contributed by atoms with Crippen LogP contribution in [-0.4, -0.2) is 35.5 Å². The zero-order valence-corrected chi connectivity index (χ0v) is 9.57. The Morgan fingerprint density at radius 1 is 1.50 bits per heavy atom. The molecule has 0 bridgehead atoms. The lowest BCUT2D eigenvalue weighted by molar-refractivity contribution is 0.0380. The van der Waals surface area contributed by atoms with Gasteiger partial charge < -0.3 is 15.2 Å². The summed E-state index contributed by atoms with van der Waals surface area (Å²) in [6.07, 6.45) is 3.46. The maximum atomic E-state index is 9.54. The van der Waals surface area contributed by atoms with Crippen LogP contribution in [0, 0.1) is 6.92 Å². The maximum Gasteiger partial charge on any atom is 0.0663 e. The van der Waals surface area contributed by atoms with E-state index in [1.54, 1.807) is 6.20 Å². The third kappa shape index (κ3) is 2.51. The summed E-state index contributed by atoms with van der Waals surface area (Å²) < 4.78 is 5.32. The van der Waals surface area contributed by atoms with Crippen LogP contribution in [0.3, 0.4) is 0 Å². The number of nitrogens with one attached hydrogen (secondary N) is 1. The highest BCUT2D eigenvalue weighted by atomic mass is 16.5. The van der Waals surface area contributed by atoms with Gasteiger partial charge in [-0.3, -0.25) is 4.98 Å². The quantitative estimate of drug-likeness (QED) is 0.810. The van der Waals surface area contributed by atoms with Crippen molar-refractivity contribution >= 4 is 5.69 Å². The first-order valence-electron chi connectivity index (χ1n) is 5.64. The van der Waals surface area contributed by atoms with Crippen molar-refractivity contribution in [2.75, 3.05) is 25.1 Å². The highest BCUT2D eigenvalue weighted by Crippen LogP contribution is 2.25. The summed E-state index contributed by atoms with van der Waals surface area (Å²) in [5.74, 6) is 0. The van der Waals surface area contributed by atoms with Gasteiger partial charge in [0.1, 0.15) is 0 Å². The van der Waals surface area contributed by atoms with Crippen LogP contribution < -0.4 is 5.32 Å². The Kier molecular flexibility index (Phi) is 3.41. The van der Waals surface area contributed by atoms with Gasteiger partial charge in [0.15, 0.2) is 0 Å². The Hall–Kier alpha value is -1.13. The number of aryl methyl sites for hydroxylation is 1. The van der Waals surface area contributed by atoms with Crippen LogP contribution in [-0.2, 0) is 4.74 Å². The predicted molar refractivity (Wildman–Crippen MR) is 62.5 cm³/mol. The number of nitrogens with zero attached hydrogens (tertiary/aromatic N) is 1. The van der Waals surface area contributed by atoms with Crippen LogP contribution in [0.15, 0.2) is 18.3 Å². The highest BCUT2D eigenvalue weighted by Gasteiger charge is 2.31. The maximum absolute atomic E-state index is 9.54. The average Bonchev–Trinajstić information content (AvgIpc) is 2.30. The molecular weight excluding hydrogens is 204 g/mol. The van der Waals surface area contributed by atoms with Gasteiger partial charge in [-0.25, -0.2) is 0 Å². The minimum atomic E-state index is -0.230. The van der Waals surface area contributed by atoms with E-state index in [0.717, 1.165) is 24.2 Å². The van der Waals surface area contributed by atoms with E-state index >= 15 is 0 Å². The van der Waals surface area contributed by atoms with Crippen molar-refractivity contribution < 1.29 is 9.84 Å². The molecule has 2 N–H and O–H groups in total. The number of pyridine rings is 1. The van der Waals surface area contributed by atoms with Crippen molar-refractivity contribution in [3.05, 3.63) is 24.0 Å². The number of ether oxygens (including phenoxy) is 1. The van der Waals surface area contributed by atoms with E-state index in [1.165, 1.54) is 0 Å². The van der Waals surface area contributed by atoms with Crippen molar-refractivity contribution in [1.29, 1.82) is 0 Å². The standard InChI is InChI=1S/C12H18N2O2/c1-10-8-11(2-5-13-10)14-12(9-15)3-6-16-7-4-12/h2,5,8,15H,3-4,6-7,9H2,1H3,(H,13,14).